The molecule has 0 bridgehead atoms. The van der Waals surface area contributed by atoms with E-state index in [1.807, 2.05) is 7.11 Å². The van der Waals surface area contributed by atoms with Gasteiger partial charge in [-0.15, -0.1) is 0 Å². The van der Waals surface area contributed by atoms with Gasteiger partial charge in [0.05, 0.1) is 12.7 Å². The standard InChI is InChI=1S/C16H29NO3/c1-18-13-16-6-2-8-20-15(16)3-7-17(12-16)11-14-4-9-19-10-5-14/h14-15H,2-13H2,1H3/t15-,16-/m0/s1. The maximum atomic E-state index is 6.05. The van der Waals surface area contributed by atoms with E-state index in [0.29, 0.717) is 6.10 Å². The zero-order chi connectivity index (χ0) is 13.8. The summed E-state index contributed by atoms with van der Waals surface area (Å²) in [5, 5.41) is 0. The van der Waals surface area contributed by atoms with Crippen molar-refractivity contribution < 1.29 is 14.2 Å². The zero-order valence-electron chi connectivity index (χ0n) is 12.8. The second-order valence-electron chi connectivity index (χ2n) is 6.84. The van der Waals surface area contributed by atoms with Gasteiger partial charge < -0.3 is 19.1 Å². The summed E-state index contributed by atoms with van der Waals surface area (Å²) in [6, 6.07) is 0. The van der Waals surface area contributed by atoms with Crippen molar-refractivity contribution in [2.45, 2.75) is 38.2 Å². The second kappa shape index (κ2) is 6.73. The molecule has 3 fully saturated rings. The number of fused-ring (bicyclic) bond motifs is 1. The van der Waals surface area contributed by atoms with Gasteiger partial charge in [-0.2, -0.15) is 0 Å². The second-order valence-corrected chi connectivity index (χ2v) is 6.84. The first kappa shape index (κ1) is 14.8. The summed E-state index contributed by atoms with van der Waals surface area (Å²) < 4.78 is 17.1. The largest absolute Gasteiger partial charge is 0.384 e. The fraction of sp³-hybridized carbons (Fsp3) is 1.00. The Bertz CT molecular complexity index is 302. The molecule has 0 aromatic rings. The van der Waals surface area contributed by atoms with Crippen molar-refractivity contribution >= 4 is 0 Å². The van der Waals surface area contributed by atoms with Gasteiger partial charge in [0.2, 0.25) is 0 Å². The first-order chi connectivity index (χ1) is 9.82. The first-order valence-corrected chi connectivity index (χ1v) is 8.23. The van der Waals surface area contributed by atoms with Crippen LogP contribution in [0.4, 0.5) is 0 Å². The highest BCUT2D eigenvalue weighted by molar-refractivity contribution is 4.96. The molecule has 0 aromatic heterocycles. The minimum absolute atomic E-state index is 0.246. The van der Waals surface area contributed by atoms with Crippen molar-refractivity contribution in [1.29, 1.82) is 0 Å². The molecule has 4 heteroatoms. The van der Waals surface area contributed by atoms with Gasteiger partial charge >= 0.3 is 0 Å². The Morgan fingerprint density at radius 3 is 2.85 bits per heavy atom. The molecule has 0 amide bonds. The summed E-state index contributed by atoms with van der Waals surface area (Å²) in [5.41, 5.74) is 0.246. The van der Waals surface area contributed by atoms with Crippen molar-refractivity contribution in [3.8, 4) is 0 Å². The average Bonchev–Trinajstić information content (AvgIpc) is 2.48. The fourth-order valence-corrected chi connectivity index (χ4v) is 4.33. The third-order valence-electron chi connectivity index (χ3n) is 5.36. The monoisotopic (exact) mass is 283 g/mol. The molecule has 3 aliphatic rings. The van der Waals surface area contributed by atoms with Crippen LogP contribution in [-0.2, 0) is 14.2 Å². The zero-order valence-corrected chi connectivity index (χ0v) is 12.8. The van der Waals surface area contributed by atoms with E-state index >= 15 is 0 Å². The number of methoxy groups -OCH3 is 1. The van der Waals surface area contributed by atoms with E-state index in [-0.39, 0.29) is 5.41 Å². The van der Waals surface area contributed by atoms with Crippen LogP contribution in [0.15, 0.2) is 0 Å². The molecular weight excluding hydrogens is 254 g/mol. The molecule has 0 radical (unpaired) electrons. The van der Waals surface area contributed by atoms with Gasteiger partial charge in [0.25, 0.3) is 0 Å². The highest BCUT2D eigenvalue weighted by Gasteiger charge is 2.46. The summed E-state index contributed by atoms with van der Waals surface area (Å²) in [6.07, 6.45) is 6.50. The van der Waals surface area contributed by atoms with E-state index in [2.05, 4.69) is 4.90 Å². The van der Waals surface area contributed by atoms with Gasteiger partial charge in [-0.25, -0.2) is 0 Å². The van der Waals surface area contributed by atoms with Crippen molar-refractivity contribution in [3.05, 3.63) is 0 Å². The third-order valence-corrected chi connectivity index (χ3v) is 5.36. The molecule has 0 aromatic carbocycles. The van der Waals surface area contributed by atoms with E-state index in [4.69, 9.17) is 14.2 Å². The van der Waals surface area contributed by atoms with Gasteiger partial charge in [-0.05, 0) is 38.0 Å². The van der Waals surface area contributed by atoms with E-state index in [0.717, 1.165) is 38.9 Å². The normalized spacial score (nSPS) is 36.8. The van der Waals surface area contributed by atoms with Crippen LogP contribution in [0.2, 0.25) is 0 Å². The lowest BCUT2D eigenvalue weighted by Gasteiger charge is -2.50. The van der Waals surface area contributed by atoms with Crippen molar-refractivity contribution in [2.24, 2.45) is 11.3 Å². The summed E-state index contributed by atoms with van der Waals surface area (Å²) in [5.74, 6) is 0.824. The SMILES string of the molecule is COC[C@@]12CCCO[C@H]1CCN(CC1CCOCC1)C2. The molecule has 2 atom stereocenters. The van der Waals surface area contributed by atoms with Gasteiger partial charge in [-0.1, -0.05) is 0 Å². The third kappa shape index (κ3) is 3.19. The molecule has 0 spiro atoms. The molecule has 4 nitrogen and oxygen atoms in total. The minimum Gasteiger partial charge on any atom is -0.384 e. The molecule has 0 unspecified atom stereocenters. The van der Waals surface area contributed by atoms with Gasteiger partial charge in [0.15, 0.2) is 0 Å². The van der Waals surface area contributed by atoms with Crippen LogP contribution in [-0.4, -0.2) is 64.2 Å². The maximum absolute atomic E-state index is 6.05. The van der Waals surface area contributed by atoms with E-state index in [1.54, 1.807) is 0 Å². The highest BCUT2D eigenvalue weighted by Crippen LogP contribution is 2.40. The van der Waals surface area contributed by atoms with Crippen LogP contribution in [0.3, 0.4) is 0 Å². The van der Waals surface area contributed by atoms with Crippen LogP contribution in [0.5, 0.6) is 0 Å². The topological polar surface area (TPSA) is 30.9 Å². The van der Waals surface area contributed by atoms with Crippen molar-refractivity contribution in [2.75, 3.05) is 53.2 Å². The molecule has 0 saturated carbocycles. The number of piperidine rings is 1. The fourth-order valence-electron chi connectivity index (χ4n) is 4.33. The lowest BCUT2D eigenvalue weighted by Crippen LogP contribution is -2.57. The molecule has 116 valence electrons. The maximum Gasteiger partial charge on any atom is 0.0677 e. The Labute approximate surface area is 122 Å². The molecule has 0 N–H and O–H groups in total. The summed E-state index contributed by atoms with van der Waals surface area (Å²) in [6.45, 7) is 7.27. The Hall–Kier alpha value is -0.160. The molecule has 20 heavy (non-hydrogen) atoms. The smallest absolute Gasteiger partial charge is 0.0677 e. The number of likely N-dealkylation sites (tertiary alicyclic amines) is 1. The van der Waals surface area contributed by atoms with Gasteiger partial charge in [0.1, 0.15) is 0 Å². The number of nitrogens with zero attached hydrogens (tertiary/aromatic N) is 1. The summed E-state index contributed by atoms with van der Waals surface area (Å²) in [7, 11) is 1.83. The molecule has 3 rings (SSSR count). The van der Waals surface area contributed by atoms with Crippen molar-refractivity contribution in [3.63, 3.8) is 0 Å². The van der Waals surface area contributed by atoms with Crippen LogP contribution >= 0.6 is 0 Å². The Morgan fingerprint density at radius 1 is 1.20 bits per heavy atom. The lowest BCUT2D eigenvalue weighted by atomic mass is 9.72. The van der Waals surface area contributed by atoms with E-state index < -0.39 is 0 Å². The van der Waals surface area contributed by atoms with Crippen molar-refractivity contribution in [1.82, 2.24) is 4.90 Å². The molecule has 3 aliphatic heterocycles. The predicted octanol–water partition coefficient (Wildman–Crippen LogP) is 1.93. The van der Waals surface area contributed by atoms with Gasteiger partial charge in [-0.3, -0.25) is 0 Å². The number of ether oxygens (including phenoxy) is 3. The number of hydrogen-bond acceptors (Lipinski definition) is 4. The molecule has 3 saturated heterocycles. The number of rotatable bonds is 4. The highest BCUT2D eigenvalue weighted by atomic mass is 16.5. The Kier molecular flexibility index (Phi) is 4.97. The Balaban J connectivity index is 1.60. The van der Waals surface area contributed by atoms with Crippen LogP contribution in [0, 0.1) is 11.3 Å². The molecular formula is C16H29NO3. The summed E-state index contributed by atoms with van der Waals surface area (Å²) in [4.78, 5) is 2.67. The quantitative estimate of drug-likeness (QED) is 0.789. The molecule has 3 heterocycles. The van der Waals surface area contributed by atoms with Gasteiger partial charge in [0, 0.05) is 52.0 Å². The Morgan fingerprint density at radius 2 is 2.05 bits per heavy atom. The average molecular weight is 283 g/mol. The minimum atomic E-state index is 0.246. The number of hydrogen-bond donors (Lipinski definition) is 0. The first-order valence-electron chi connectivity index (χ1n) is 8.23. The molecule has 0 aliphatic carbocycles. The van der Waals surface area contributed by atoms with E-state index in [9.17, 15) is 0 Å². The lowest BCUT2D eigenvalue weighted by molar-refractivity contribution is -0.150. The summed E-state index contributed by atoms with van der Waals surface area (Å²) >= 11 is 0. The van der Waals surface area contributed by atoms with Crippen LogP contribution < -0.4 is 0 Å². The van der Waals surface area contributed by atoms with Crippen LogP contribution in [0.1, 0.15) is 32.1 Å². The van der Waals surface area contributed by atoms with Crippen LogP contribution in [0.25, 0.3) is 0 Å². The van der Waals surface area contributed by atoms with E-state index in [1.165, 1.54) is 45.2 Å². The predicted molar refractivity (Wildman–Crippen MR) is 77.9 cm³/mol.